The Bertz CT molecular complexity index is 339. The Hall–Kier alpha value is -0.510. The van der Waals surface area contributed by atoms with Crippen LogP contribution in [-0.4, -0.2) is 11.0 Å². The lowest BCUT2D eigenvalue weighted by atomic mass is 9.98. The van der Waals surface area contributed by atoms with E-state index in [0.717, 1.165) is 0 Å². The molecule has 1 fully saturated rings. The molecular formula is C13H20N2S. The van der Waals surface area contributed by atoms with Crippen LogP contribution < -0.4 is 11.3 Å². The molecule has 0 aliphatic carbocycles. The summed E-state index contributed by atoms with van der Waals surface area (Å²) in [4.78, 5) is 0. The van der Waals surface area contributed by atoms with E-state index in [0.29, 0.717) is 11.3 Å². The van der Waals surface area contributed by atoms with Crippen molar-refractivity contribution < 1.29 is 0 Å². The van der Waals surface area contributed by atoms with E-state index in [9.17, 15) is 0 Å². The Morgan fingerprint density at radius 2 is 2.00 bits per heavy atom. The van der Waals surface area contributed by atoms with Crippen LogP contribution in [-0.2, 0) is 0 Å². The fourth-order valence-corrected chi connectivity index (χ4v) is 3.87. The number of nitrogens with one attached hydrogen (secondary N) is 1. The molecule has 1 aliphatic heterocycles. The third-order valence-corrected chi connectivity index (χ3v) is 4.58. The minimum absolute atomic E-state index is 0.297. The quantitative estimate of drug-likeness (QED) is 0.626. The minimum atomic E-state index is 0.297. The zero-order valence-corrected chi connectivity index (χ0v) is 10.8. The standard InChI is InChI=1S/C13H20N2S/c1-9-6-10(2)8-11(7-9)13(15-14)12-4-3-5-16-12/h6-8,12-13,15H,3-5,14H2,1-2H3. The second-order valence-corrected chi connectivity index (χ2v) is 5.96. The number of hydrogen-bond donors (Lipinski definition) is 2. The number of hydrogen-bond acceptors (Lipinski definition) is 3. The van der Waals surface area contributed by atoms with Gasteiger partial charge in [0.1, 0.15) is 0 Å². The van der Waals surface area contributed by atoms with E-state index in [4.69, 9.17) is 5.84 Å². The molecule has 1 saturated heterocycles. The summed E-state index contributed by atoms with van der Waals surface area (Å²) < 4.78 is 0. The van der Waals surface area contributed by atoms with Crippen LogP contribution in [0.5, 0.6) is 0 Å². The van der Waals surface area contributed by atoms with Gasteiger partial charge in [0.05, 0.1) is 6.04 Å². The SMILES string of the molecule is Cc1cc(C)cc(C(NN)C2CCCS2)c1. The number of nitrogens with two attached hydrogens (primary N) is 1. The van der Waals surface area contributed by atoms with E-state index in [2.05, 4.69) is 37.5 Å². The predicted octanol–water partition coefficient (Wildman–Crippen LogP) is 2.70. The molecule has 0 aromatic heterocycles. The molecule has 3 heteroatoms. The molecule has 3 N–H and O–H groups in total. The highest BCUT2D eigenvalue weighted by Crippen LogP contribution is 2.35. The second-order valence-electron chi connectivity index (χ2n) is 4.62. The van der Waals surface area contributed by atoms with Crippen molar-refractivity contribution in [3.05, 3.63) is 34.9 Å². The van der Waals surface area contributed by atoms with Crippen molar-refractivity contribution in [3.63, 3.8) is 0 Å². The van der Waals surface area contributed by atoms with E-state index in [1.807, 2.05) is 11.8 Å². The Kier molecular flexibility index (Phi) is 3.90. The molecule has 88 valence electrons. The van der Waals surface area contributed by atoms with E-state index in [1.165, 1.54) is 35.3 Å². The molecule has 2 nitrogen and oxygen atoms in total. The zero-order valence-electron chi connectivity index (χ0n) is 9.99. The highest BCUT2D eigenvalue weighted by molar-refractivity contribution is 8.00. The van der Waals surface area contributed by atoms with Crippen LogP contribution in [0.1, 0.15) is 35.6 Å². The van der Waals surface area contributed by atoms with Crippen molar-refractivity contribution in [2.75, 3.05) is 5.75 Å². The van der Waals surface area contributed by atoms with Gasteiger partial charge in [-0.1, -0.05) is 29.3 Å². The molecule has 0 bridgehead atoms. The van der Waals surface area contributed by atoms with E-state index < -0.39 is 0 Å². The molecule has 1 aromatic rings. The molecular weight excluding hydrogens is 216 g/mol. The van der Waals surface area contributed by atoms with Gasteiger partial charge in [-0.2, -0.15) is 11.8 Å². The third kappa shape index (κ3) is 2.59. The number of rotatable bonds is 3. The molecule has 0 amide bonds. The Morgan fingerprint density at radius 1 is 1.31 bits per heavy atom. The first-order chi connectivity index (χ1) is 7.70. The second kappa shape index (κ2) is 5.21. The van der Waals surface area contributed by atoms with Crippen LogP contribution in [0.4, 0.5) is 0 Å². The highest BCUT2D eigenvalue weighted by Gasteiger charge is 2.26. The van der Waals surface area contributed by atoms with Gasteiger partial charge in [0, 0.05) is 5.25 Å². The molecule has 16 heavy (non-hydrogen) atoms. The topological polar surface area (TPSA) is 38.0 Å². The minimum Gasteiger partial charge on any atom is -0.271 e. The van der Waals surface area contributed by atoms with Gasteiger partial charge in [-0.25, -0.2) is 0 Å². The maximum Gasteiger partial charge on any atom is 0.0578 e. The fraction of sp³-hybridized carbons (Fsp3) is 0.538. The summed E-state index contributed by atoms with van der Waals surface area (Å²) in [5, 5.41) is 0.631. The van der Waals surface area contributed by atoms with Gasteiger partial charge >= 0.3 is 0 Å². The largest absolute Gasteiger partial charge is 0.271 e. The van der Waals surface area contributed by atoms with Crippen molar-refractivity contribution >= 4 is 11.8 Å². The first-order valence-electron chi connectivity index (χ1n) is 5.86. The van der Waals surface area contributed by atoms with Gasteiger partial charge in [0.25, 0.3) is 0 Å². The third-order valence-electron chi connectivity index (χ3n) is 3.12. The maximum absolute atomic E-state index is 5.72. The summed E-state index contributed by atoms with van der Waals surface area (Å²) in [5.41, 5.74) is 6.96. The first kappa shape index (κ1) is 12.0. The Morgan fingerprint density at radius 3 is 2.50 bits per heavy atom. The average Bonchev–Trinajstić information content (AvgIpc) is 2.70. The number of benzene rings is 1. The molecule has 1 aromatic carbocycles. The van der Waals surface area contributed by atoms with Crippen molar-refractivity contribution in [3.8, 4) is 0 Å². The lowest BCUT2D eigenvalue weighted by molar-refractivity contribution is 0.520. The summed E-state index contributed by atoms with van der Waals surface area (Å²) >= 11 is 2.04. The van der Waals surface area contributed by atoms with Gasteiger partial charge in [-0.15, -0.1) is 0 Å². The van der Waals surface area contributed by atoms with E-state index in [-0.39, 0.29) is 0 Å². The summed E-state index contributed by atoms with van der Waals surface area (Å²) in [5.74, 6) is 6.99. The van der Waals surface area contributed by atoms with Gasteiger partial charge in [0.2, 0.25) is 0 Å². The van der Waals surface area contributed by atoms with Crippen LogP contribution >= 0.6 is 11.8 Å². The number of hydrazine groups is 1. The smallest absolute Gasteiger partial charge is 0.0578 e. The molecule has 1 aliphatic rings. The van der Waals surface area contributed by atoms with Crippen LogP contribution in [0.15, 0.2) is 18.2 Å². The molecule has 1 heterocycles. The summed E-state index contributed by atoms with van der Waals surface area (Å²) in [6.45, 7) is 4.29. The van der Waals surface area contributed by atoms with Gasteiger partial charge in [-0.3, -0.25) is 11.3 Å². The van der Waals surface area contributed by atoms with Gasteiger partial charge < -0.3 is 0 Å². The van der Waals surface area contributed by atoms with Gasteiger partial charge in [0.15, 0.2) is 0 Å². The van der Waals surface area contributed by atoms with Crippen molar-refractivity contribution in [1.82, 2.24) is 5.43 Å². The average molecular weight is 236 g/mol. The molecule has 0 spiro atoms. The van der Waals surface area contributed by atoms with E-state index in [1.54, 1.807) is 0 Å². The lowest BCUT2D eigenvalue weighted by Gasteiger charge is -2.23. The predicted molar refractivity (Wildman–Crippen MR) is 71.5 cm³/mol. The van der Waals surface area contributed by atoms with Crippen LogP contribution in [0.2, 0.25) is 0 Å². The van der Waals surface area contributed by atoms with Crippen molar-refractivity contribution in [2.24, 2.45) is 5.84 Å². The Labute approximate surface area is 102 Å². The number of thioether (sulfide) groups is 1. The molecule has 2 rings (SSSR count). The monoisotopic (exact) mass is 236 g/mol. The fourth-order valence-electron chi connectivity index (χ4n) is 2.47. The normalized spacial score (nSPS) is 22.3. The zero-order chi connectivity index (χ0) is 11.5. The van der Waals surface area contributed by atoms with Crippen molar-refractivity contribution in [1.29, 1.82) is 0 Å². The molecule has 0 saturated carbocycles. The van der Waals surface area contributed by atoms with Gasteiger partial charge in [-0.05, 0) is 38.0 Å². The molecule has 2 unspecified atom stereocenters. The lowest BCUT2D eigenvalue weighted by Crippen LogP contribution is -2.34. The first-order valence-corrected chi connectivity index (χ1v) is 6.91. The summed E-state index contributed by atoms with van der Waals surface area (Å²) in [7, 11) is 0. The highest BCUT2D eigenvalue weighted by atomic mass is 32.2. The van der Waals surface area contributed by atoms with Crippen LogP contribution in [0.3, 0.4) is 0 Å². The van der Waals surface area contributed by atoms with Crippen LogP contribution in [0, 0.1) is 13.8 Å². The summed E-state index contributed by atoms with van der Waals surface area (Å²) in [6.07, 6.45) is 2.59. The molecule has 0 radical (unpaired) electrons. The van der Waals surface area contributed by atoms with Crippen LogP contribution in [0.25, 0.3) is 0 Å². The Balaban J connectivity index is 2.24. The molecule has 2 atom stereocenters. The van der Waals surface area contributed by atoms with E-state index >= 15 is 0 Å². The summed E-state index contributed by atoms with van der Waals surface area (Å²) in [6, 6.07) is 7.00. The van der Waals surface area contributed by atoms with Crippen molar-refractivity contribution in [2.45, 2.75) is 38.0 Å². The number of aryl methyl sites for hydroxylation is 2. The maximum atomic E-state index is 5.72.